The van der Waals surface area contributed by atoms with E-state index in [4.69, 9.17) is 5.11 Å². The van der Waals surface area contributed by atoms with Crippen molar-refractivity contribution in [1.29, 1.82) is 0 Å². The van der Waals surface area contributed by atoms with Gasteiger partial charge < -0.3 is 15.5 Å². The van der Waals surface area contributed by atoms with E-state index in [0.717, 1.165) is 25.7 Å². The van der Waals surface area contributed by atoms with Crippen molar-refractivity contribution < 1.29 is 19.8 Å². The largest absolute Gasteiger partial charge is 0.481 e. The first kappa shape index (κ1) is 15.0. The first-order valence-electron chi connectivity index (χ1n) is 6.49. The highest BCUT2D eigenvalue weighted by Gasteiger charge is 2.30. The molecule has 1 aliphatic carbocycles. The van der Waals surface area contributed by atoms with E-state index in [1.165, 1.54) is 0 Å². The first-order chi connectivity index (χ1) is 8.31. The molecular formula is C13H23NO4. The Morgan fingerprint density at radius 3 is 2.28 bits per heavy atom. The maximum absolute atomic E-state index is 11.6. The summed E-state index contributed by atoms with van der Waals surface area (Å²) in [6.45, 7) is 3.68. The third-order valence-electron chi connectivity index (χ3n) is 3.59. The van der Waals surface area contributed by atoms with Crippen molar-refractivity contribution in [2.75, 3.05) is 6.54 Å². The van der Waals surface area contributed by atoms with Crippen molar-refractivity contribution in [3.63, 3.8) is 0 Å². The van der Waals surface area contributed by atoms with E-state index in [2.05, 4.69) is 5.32 Å². The number of aliphatic hydroxyl groups is 1. The van der Waals surface area contributed by atoms with Crippen molar-refractivity contribution in [2.45, 2.75) is 52.1 Å². The second kappa shape index (κ2) is 6.18. The Labute approximate surface area is 108 Å². The summed E-state index contributed by atoms with van der Waals surface area (Å²) in [5.41, 5.74) is -1.02. The summed E-state index contributed by atoms with van der Waals surface area (Å²) in [5, 5.41) is 21.1. The van der Waals surface area contributed by atoms with Gasteiger partial charge >= 0.3 is 5.97 Å². The summed E-state index contributed by atoms with van der Waals surface area (Å²) >= 11 is 0. The molecule has 0 aromatic heterocycles. The van der Waals surface area contributed by atoms with Gasteiger partial charge in [-0.15, -0.1) is 0 Å². The summed E-state index contributed by atoms with van der Waals surface area (Å²) in [6, 6.07) is 0. The number of carboxylic acids is 1. The summed E-state index contributed by atoms with van der Waals surface area (Å²) in [5.74, 6) is -0.766. The summed E-state index contributed by atoms with van der Waals surface area (Å²) < 4.78 is 0. The van der Waals surface area contributed by atoms with Gasteiger partial charge in [-0.2, -0.15) is 0 Å². The van der Waals surface area contributed by atoms with Gasteiger partial charge in [-0.25, -0.2) is 0 Å². The van der Waals surface area contributed by atoms with Crippen LogP contribution in [0.2, 0.25) is 0 Å². The predicted molar refractivity (Wildman–Crippen MR) is 67.0 cm³/mol. The summed E-state index contributed by atoms with van der Waals surface area (Å²) in [7, 11) is 0. The summed E-state index contributed by atoms with van der Waals surface area (Å²) in [6.07, 6.45) is 3.23. The Hall–Kier alpha value is -1.10. The Morgan fingerprint density at radius 1 is 1.22 bits per heavy atom. The van der Waals surface area contributed by atoms with E-state index < -0.39 is 11.4 Å². The number of hydrogen-bond acceptors (Lipinski definition) is 3. The van der Waals surface area contributed by atoms with E-state index >= 15 is 0 Å². The number of hydrogen-bond donors (Lipinski definition) is 3. The van der Waals surface area contributed by atoms with Crippen LogP contribution in [-0.2, 0) is 9.59 Å². The van der Waals surface area contributed by atoms with Crippen LogP contribution in [0.4, 0.5) is 0 Å². The molecule has 0 unspecified atom stereocenters. The number of carbonyl (C=O) groups excluding carboxylic acids is 1. The monoisotopic (exact) mass is 257 g/mol. The Kier molecular flexibility index (Phi) is 5.14. The fraction of sp³-hybridized carbons (Fsp3) is 0.846. The lowest BCUT2D eigenvalue weighted by atomic mass is 9.87. The molecular weight excluding hydrogens is 234 g/mol. The molecule has 0 radical (unpaired) electrons. The minimum atomic E-state index is -1.02. The van der Waals surface area contributed by atoms with Crippen LogP contribution in [0.25, 0.3) is 0 Å². The molecule has 1 aliphatic rings. The second-order valence-corrected chi connectivity index (χ2v) is 5.84. The zero-order valence-electron chi connectivity index (χ0n) is 11.1. The van der Waals surface area contributed by atoms with Gasteiger partial charge in [-0.1, -0.05) is 0 Å². The zero-order valence-corrected chi connectivity index (χ0v) is 11.1. The van der Waals surface area contributed by atoms with Crippen molar-refractivity contribution in [3.8, 4) is 0 Å². The van der Waals surface area contributed by atoms with Gasteiger partial charge in [-0.05, 0) is 45.4 Å². The molecule has 0 aromatic rings. The lowest BCUT2D eigenvalue weighted by Gasteiger charge is -2.26. The van der Waals surface area contributed by atoms with Crippen LogP contribution in [0.15, 0.2) is 0 Å². The summed E-state index contributed by atoms with van der Waals surface area (Å²) in [4.78, 5) is 22.5. The molecule has 1 fully saturated rings. The standard InChI is InChI=1S/C13H23NO4/c1-13(2,12(17)18)7-11(16)14-8-9-3-5-10(15)6-4-9/h9-10,15H,3-8H2,1-2H3,(H,14,16)(H,17,18). The number of rotatable bonds is 5. The number of aliphatic hydroxyl groups excluding tert-OH is 1. The van der Waals surface area contributed by atoms with Gasteiger partial charge in [0.2, 0.25) is 5.91 Å². The minimum Gasteiger partial charge on any atom is -0.481 e. The lowest BCUT2D eigenvalue weighted by Crippen LogP contribution is -2.36. The normalized spacial score (nSPS) is 24.6. The molecule has 0 spiro atoms. The van der Waals surface area contributed by atoms with E-state index in [9.17, 15) is 14.7 Å². The average molecular weight is 257 g/mol. The maximum Gasteiger partial charge on any atom is 0.309 e. The van der Waals surface area contributed by atoms with Gasteiger partial charge in [0.15, 0.2) is 0 Å². The molecule has 0 atom stereocenters. The van der Waals surface area contributed by atoms with Crippen LogP contribution in [0.3, 0.4) is 0 Å². The van der Waals surface area contributed by atoms with Crippen molar-refractivity contribution in [2.24, 2.45) is 11.3 Å². The lowest BCUT2D eigenvalue weighted by molar-refractivity contribution is -0.149. The quantitative estimate of drug-likeness (QED) is 0.689. The highest BCUT2D eigenvalue weighted by Crippen LogP contribution is 2.24. The molecule has 0 aliphatic heterocycles. The average Bonchev–Trinajstić information content (AvgIpc) is 2.27. The number of carbonyl (C=O) groups is 2. The number of aliphatic carboxylic acids is 1. The molecule has 104 valence electrons. The number of nitrogens with one attached hydrogen (secondary N) is 1. The molecule has 5 nitrogen and oxygen atoms in total. The third kappa shape index (κ3) is 4.64. The van der Waals surface area contributed by atoms with Crippen LogP contribution < -0.4 is 5.32 Å². The predicted octanol–water partition coefficient (Wildman–Crippen LogP) is 1.15. The minimum absolute atomic E-state index is 0.00230. The fourth-order valence-electron chi connectivity index (χ4n) is 2.15. The number of amides is 1. The fourth-order valence-corrected chi connectivity index (χ4v) is 2.15. The third-order valence-corrected chi connectivity index (χ3v) is 3.59. The van der Waals surface area contributed by atoms with Gasteiger partial charge in [0.05, 0.1) is 11.5 Å². The van der Waals surface area contributed by atoms with Crippen LogP contribution in [0.1, 0.15) is 46.0 Å². The Morgan fingerprint density at radius 2 is 1.78 bits per heavy atom. The smallest absolute Gasteiger partial charge is 0.309 e. The molecule has 0 heterocycles. The van der Waals surface area contributed by atoms with Crippen LogP contribution >= 0.6 is 0 Å². The number of carboxylic acid groups (broad SMARTS) is 1. The molecule has 3 N–H and O–H groups in total. The van der Waals surface area contributed by atoms with Gasteiger partial charge in [0.25, 0.3) is 0 Å². The topological polar surface area (TPSA) is 86.6 Å². The van der Waals surface area contributed by atoms with E-state index in [1.54, 1.807) is 13.8 Å². The van der Waals surface area contributed by atoms with Crippen LogP contribution in [-0.4, -0.2) is 34.7 Å². The molecule has 1 amide bonds. The molecule has 1 saturated carbocycles. The molecule has 0 aromatic carbocycles. The van der Waals surface area contributed by atoms with Gasteiger partial charge in [0.1, 0.15) is 0 Å². The molecule has 5 heteroatoms. The van der Waals surface area contributed by atoms with Gasteiger partial charge in [-0.3, -0.25) is 9.59 Å². The molecule has 0 bridgehead atoms. The SMILES string of the molecule is CC(C)(CC(=O)NCC1CCC(O)CC1)C(=O)O. The maximum atomic E-state index is 11.6. The highest BCUT2D eigenvalue weighted by atomic mass is 16.4. The van der Waals surface area contributed by atoms with E-state index in [1.807, 2.05) is 0 Å². The van der Waals surface area contributed by atoms with Crippen LogP contribution in [0.5, 0.6) is 0 Å². The van der Waals surface area contributed by atoms with Crippen LogP contribution in [0, 0.1) is 11.3 Å². The molecule has 0 saturated heterocycles. The molecule has 1 rings (SSSR count). The van der Waals surface area contributed by atoms with Gasteiger partial charge in [0, 0.05) is 13.0 Å². The Balaban J connectivity index is 2.27. The zero-order chi connectivity index (χ0) is 13.8. The van der Waals surface area contributed by atoms with Crippen molar-refractivity contribution in [3.05, 3.63) is 0 Å². The van der Waals surface area contributed by atoms with E-state index in [-0.39, 0.29) is 18.4 Å². The van der Waals surface area contributed by atoms with Crippen molar-refractivity contribution in [1.82, 2.24) is 5.32 Å². The van der Waals surface area contributed by atoms with E-state index in [0.29, 0.717) is 12.5 Å². The Bertz CT molecular complexity index is 306. The second-order valence-electron chi connectivity index (χ2n) is 5.84. The molecule has 18 heavy (non-hydrogen) atoms. The highest BCUT2D eigenvalue weighted by molar-refractivity contribution is 5.84. The van der Waals surface area contributed by atoms with Crippen molar-refractivity contribution >= 4 is 11.9 Å². The first-order valence-corrected chi connectivity index (χ1v) is 6.49.